The fourth-order valence-electron chi connectivity index (χ4n) is 4.00. The molecule has 0 radical (unpaired) electrons. The number of aliphatic hydroxyl groups is 1. The normalized spacial score (nSPS) is 20.7. The van der Waals surface area contributed by atoms with E-state index < -0.39 is 0 Å². The maximum absolute atomic E-state index is 11.0. The van der Waals surface area contributed by atoms with Gasteiger partial charge in [-0.25, -0.2) is 4.98 Å². The number of aryl methyl sites for hydroxylation is 1. The van der Waals surface area contributed by atoms with Gasteiger partial charge < -0.3 is 24.6 Å². The molecule has 9 heteroatoms. The van der Waals surface area contributed by atoms with E-state index in [1.807, 2.05) is 25.1 Å². The molecule has 1 fully saturated rings. The molecule has 0 spiro atoms. The highest BCUT2D eigenvalue weighted by molar-refractivity contribution is 7.17. The number of hydrogen-bond donors (Lipinski definition) is 3. The molecule has 2 aromatic heterocycles. The average Bonchev–Trinajstić information content (AvgIpc) is 3.28. The highest BCUT2D eigenvalue weighted by Gasteiger charge is 2.35. The number of aromatic hydroxyl groups is 1. The predicted molar refractivity (Wildman–Crippen MR) is 109 cm³/mol. The topological polar surface area (TPSA) is 93.5 Å². The number of rotatable bonds is 6. The molecular formula is C20H27N4O4S+. The quantitative estimate of drug-likeness (QED) is 0.556. The summed E-state index contributed by atoms with van der Waals surface area (Å²) in [7, 11) is 3.23. The largest absolute Gasteiger partial charge is 0.493 e. The molecule has 156 valence electrons. The number of likely N-dealkylation sites (tertiary alicyclic amines) is 1. The van der Waals surface area contributed by atoms with Crippen LogP contribution in [0.3, 0.4) is 0 Å². The maximum atomic E-state index is 11.0. The van der Waals surface area contributed by atoms with Crippen LogP contribution in [-0.2, 0) is 6.42 Å². The number of hydrogen-bond acceptors (Lipinski definition) is 7. The molecule has 3 aromatic rings. The summed E-state index contributed by atoms with van der Waals surface area (Å²) in [6, 6.07) is 5.76. The lowest BCUT2D eigenvalue weighted by Crippen LogP contribution is -3.13. The van der Waals surface area contributed by atoms with Gasteiger partial charge in [0.15, 0.2) is 23.4 Å². The Bertz CT molecular complexity index is 994. The Morgan fingerprint density at radius 1 is 1.24 bits per heavy atom. The van der Waals surface area contributed by atoms with Crippen LogP contribution in [0.1, 0.15) is 42.1 Å². The Morgan fingerprint density at radius 3 is 2.59 bits per heavy atom. The van der Waals surface area contributed by atoms with Crippen LogP contribution in [0.4, 0.5) is 0 Å². The first-order valence-electron chi connectivity index (χ1n) is 9.87. The molecule has 0 unspecified atom stereocenters. The van der Waals surface area contributed by atoms with Gasteiger partial charge in [0, 0.05) is 24.8 Å². The average molecular weight is 420 g/mol. The summed E-state index contributed by atoms with van der Waals surface area (Å²) in [4.78, 5) is 7.32. The van der Waals surface area contributed by atoms with E-state index in [-0.39, 0.29) is 18.0 Å². The molecule has 4 rings (SSSR count). The first-order valence-corrected chi connectivity index (χ1v) is 10.7. The Balaban J connectivity index is 1.81. The summed E-state index contributed by atoms with van der Waals surface area (Å²) >= 11 is 1.46. The van der Waals surface area contributed by atoms with Gasteiger partial charge in [0.05, 0.1) is 33.4 Å². The Kier molecular flexibility index (Phi) is 5.62. The number of piperidine rings is 1. The van der Waals surface area contributed by atoms with Gasteiger partial charge in [0.1, 0.15) is 4.88 Å². The predicted octanol–water partition coefficient (Wildman–Crippen LogP) is 1.20. The second-order valence-electron chi connectivity index (χ2n) is 7.30. The van der Waals surface area contributed by atoms with E-state index in [0.717, 1.165) is 42.8 Å². The summed E-state index contributed by atoms with van der Waals surface area (Å²) in [5.41, 5.74) is 1.02. The van der Waals surface area contributed by atoms with Gasteiger partial charge in [0.25, 0.3) is 0 Å². The van der Waals surface area contributed by atoms with Gasteiger partial charge in [-0.05, 0) is 18.2 Å². The molecular weight excluding hydrogens is 392 g/mol. The van der Waals surface area contributed by atoms with Gasteiger partial charge in [-0.2, -0.15) is 4.52 Å². The third-order valence-corrected chi connectivity index (χ3v) is 6.65. The van der Waals surface area contributed by atoms with Crippen molar-refractivity contribution in [2.24, 2.45) is 0 Å². The lowest BCUT2D eigenvalue weighted by molar-refractivity contribution is -0.931. The Morgan fingerprint density at radius 2 is 1.97 bits per heavy atom. The lowest BCUT2D eigenvalue weighted by atomic mass is 9.99. The van der Waals surface area contributed by atoms with Crippen LogP contribution in [0.15, 0.2) is 18.2 Å². The highest BCUT2D eigenvalue weighted by Crippen LogP contribution is 2.38. The van der Waals surface area contributed by atoms with E-state index in [4.69, 9.17) is 9.47 Å². The van der Waals surface area contributed by atoms with Gasteiger partial charge in [0.2, 0.25) is 10.8 Å². The summed E-state index contributed by atoms with van der Waals surface area (Å²) in [6.07, 6.45) is 1.94. The van der Waals surface area contributed by atoms with E-state index in [0.29, 0.717) is 22.3 Å². The molecule has 1 atom stereocenters. The second-order valence-corrected chi connectivity index (χ2v) is 8.31. The zero-order valence-corrected chi connectivity index (χ0v) is 17.7. The van der Waals surface area contributed by atoms with Crippen molar-refractivity contribution in [2.75, 3.05) is 27.3 Å². The van der Waals surface area contributed by atoms with Gasteiger partial charge in [-0.15, -0.1) is 5.10 Å². The van der Waals surface area contributed by atoms with Crippen LogP contribution < -0.4 is 14.4 Å². The molecule has 0 bridgehead atoms. The van der Waals surface area contributed by atoms with Crippen molar-refractivity contribution in [3.05, 3.63) is 34.5 Å². The number of methoxy groups -OCH3 is 2. The number of aromatic nitrogens is 3. The number of thiazole rings is 1. The molecule has 0 amide bonds. The SMILES string of the molecule is CCc1nc2sc([C@@H](c3ccc(OC)c(OC)c3)[NH+]3CCC(O)CC3)c(O)n2n1. The van der Waals surface area contributed by atoms with E-state index >= 15 is 0 Å². The van der Waals surface area contributed by atoms with Crippen molar-refractivity contribution in [1.29, 1.82) is 0 Å². The van der Waals surface area contributed by atoms with Gasteiger partial charge in [-0.1, -0.05) is 18.3 Å². The third kappa shape index (κ3) is 3.65. The van der Waals surface area contributed by atoms with Crippen molar-refractivity contribution >= 4 is 16.3 Å². The molecule has 3 heterocycles. The van der Waals surface area contributed by atoms with E-state index in [9.17, 15) is 10.2 Å². The van der Waals surface area contributed by atoms with Crippen LogP contribution in [0.25, 0.3) is 4.96 Å². The van der Waals surface area contributed by atoms with E-state index in [1.165, 1.54) is 20.8 Å². The van der Waals surface area contributed by atoms with Gasteiger partial charge >= 0.3 is 0 Å². The molecule has 0 aliphatic carbocycles. The van der Waals surface area contributed by atoms with Crippen molar-refractivity contribution in [3.8, 4) is 17.4 Å². The molecule has 0 saturated carbocycles. The minimum atomic E-state index is -0.257. The second kappa shape index (κ2) is 8.17. The Hall–Kier alpha value is -2.36. The van der Waals surface area contributed by atoms with Crippen LogP contribution in [0, 0.1) is 0 Å². The highest BCUT2D eigenvalue weighted by atomic mass is 32.1. The van der Waals surface area contributed by atoms with Crippen LogP contribution >= 0.6 is 11.3 Å². The van der Waals surface area contributed by atoms with Gasteiger partial charge in [-0.3, -0.25) is 0 Å². The number of nitrogens with one attached hydrogen (secondary N) is 1. The minimum absolute atomic E-state index is 0.110. The standard InChI is InChI=1S/C20H26N4O4S/c1-4-16-21-20-24(22-16)19(26)18(29-20)17(23-9-7-13(25)8-10-23)12-5-6-14(27-2)15(11-12)28-3/h5-6,11,13,17,25-26H,4,7-10H2,1-3H3/p+1/t17-/m1/s1. The van der Waals surface area contributed by atoms with Crippen LogP contribution in [0.5, 0.6) is 17.4 Å². The number of nitrogens with zero attached hydrogens (tertiary/aromatic N) is 3. The monoisotopic (exact) mass is 419 g/mol. The van der Waals surface area contributed by atoms with Crippen LogP contribution in [0.2, 0.25) is 0 Å². The number of quaternary nitrogens is 1. The summed E-state index contributed by atoms with van der Waals surface area (Å²) in [6.45, 7) is 3.62. The number of ether oxygens (including phenoxy) is 2. The van der Waals surface area contributed by atoms with Crippen molar-refractivity contribution in [2.45, 2.75) is 38.3 Å². The third-order valence-electron chi connectivity index (χ3n) is 5.57. The molecule has 29 heavy (non-hydrogen) atoms. The van der Waals surface area contributed by atoms with Crippen molar-refractivity contribution in [3.63, 3.8) is 0 Å². The smallest absolute Gasteiger partial charge is 0.235 e. The first kappa shape index (κ1) is 19.9. The number of aliphatic hydroxyl groups excluding tert-OH is 1. The lowest BCUT2D eigenvalue weighted by Gasteiger charge is -2.33. The first-order chi connectivity index (χ1) is 14.0. The number of benzene rings is 1. The van der Waals surface area contributed by atoms with E-state index in [2.05, 4.69) is 10.1 Å². The molecule has 1 aliphatic heterocycles. The van der Waals surface area contributed by atoms with E-state index in [1.54, 1.807) is 14.2 Å². The Labute approximate surface area is 173 Å². The summed E-state index contributed by atoms with van der Waals surface area (Å²) in [5, 5.41) is 25.4. The van der Waals surface area contributed by atoms with Crippen molar-refractivity contribution < 1.29 is 24.6 Å². The summed E-state index contributed by atoms with van der Waals surface area (Å²) in [5.74, 6) is 2.17. The van der Waals surface area contributed by atoms with Crippen LogP contribution in [-0.4, -0.2) is 58.2 Å². The number of fused-ring (bicyclic) bond motifs is 1. The maximum Gasteiger partial charge on any atom is 0.235 e. The fraction of sp³-hybridized carbons (Fsp3) is 0.500. The fourth-order valence-corrected chi connectivity index (χ4v) is 5.16. The summed E-state index contributed by atoms with van der Waals surface area (Å²) < 4.78 is 12.4. The zero-order valence-electron chi connectivity index (χ0n) is 16.9. The molecule has 3 N–H and O–H groups in total. The molecule has 8 nitrogen and oxygen atoms in total. The molecule has 1 aromatic carbocycles. The van der Waals surface area contributed by atoms with Crippen molar-refractivity contribution in [1.82, 2.24) is 14.6 Å². The molecule has 1 aliphatic rings. The minimum Gasteiger partial charge on any atom is -0.493 e. The zero-order chi connectivity index (χ0) is 20.5. The molecule has 1 saturated heterocycles.